The van der Waals surface area contributed by atoms with Crippen LogP contribution in [0, 0.1) is 10.1 Å². The second-order valence-corrected chi connectivity index (χ2v) is 5.79. The molecule has 24 heavy (non-hydrogen) atoms. The van der Waals surface area contributed by atoms with E-state index in [1.807, 2.05) is 30.3 Å². The normalized spacial score (nSPS) is 16.3. The highest BCUT2D eigenvalue weighted by Gasteiger charge is 2.37. The van der Waals surface area contributed by atoms with Gasteiger partial charge in [0.1, 0.15) is 5.56 Å². The molecule has 0 aromatic heterocycles. The van der Waals surface area contributed by atoms with Gasteiger partial charge in [0.25, 0.3) is 11.6 Å². The van der Waals surface area contributed by atoms with Gasteiger partial charge < -0.3 is 10.1 Å². The fourth-order valence-electron chi connectivity index (χ4n) is 3.07. The molecule has 3 rings (SSSR count). The Morgan fingerprint density at radius 1 is 1.04 bits per heavy atom. The van der Waals surface area contributed by atoms with Gasteiger partial charge in [-0.3, -0.25) is 14.9 Å². The van der Waals surface area contributed by atoms with E-state index in [1.165, 1.54) is 12.1 Å². The minimum Gasteiger partial charge on any atom is -0.381 e. The van der Waals surface area contributed by atoms with Gasteiger partial charge in [-0.1, -0.05) is 42.5 Å². The highest BCUT2D eigenvalue weighted by atomic mass is 16.6. The summed E-state index contributed by atoms with van der Waals surface area (Å²) >= 11 is 0. The van der Waals surface area contributed by atoms with E-state index in [0.29, 0.717) is 26.1 Å². The zero-order chi connectivity index (χ0) is 17.0. The first-order valence-corrected chi connectivity index (χ1v) is 7.82. The van der Waals surface area contributed by atoms with Crippen molar-refractivity contribution < 1.29 is 14.5 Å². The minimum atomic E-state index is -0.569. The summed E-state index contributed by atoms with van der Waals surface area (Å²) in [7, 11) is 0. The molecule has 6 heteroatoms. The van der Waals surface area contributed by atoms with E-state index in [1.54, 1.807) is 12.1 Å². The molecule has 0 radical (unpaired) electrons. The molecule has 0 aliphatic carbocycles. The SMILES string of the molecule is O=C(NC1(c2ccccc2)CCOCC1)c1ccccc1[N+](=O)[O-]. The number of para-hydroxylation sites is 1. The Balaban J connectivity index is 1.94. The van der Waals surface area contributed by atoms with Crippen molar-refractivity contribution in [2.75, 3.05) is 13.2 Å². The molecule has 1 fully saturated rings. The Morgan fingerprint density at radius 2 is 1.67 bits per heavy atom. The molecule has 0 unspecified atom stereocenters. The third kappa shape index (κ3) is 3.14. The number of benzene rings is 2. The number of nitro groups is 1. The summed E-state index contributed by atoms with van der Waals surface area (Å²) < 4.78 is 5.44. The first-order chi connectivity index (χ1) is 11.6. The highest BCUT2D eigenvalue weighted by Crippen LogP contribution is 2.33. The van der Waals surface area contributed by atoms with E-state index in [4.69, 9.17) is 4.74 Å². The van der Waals surface area contributed by atoms with Crippen molar-refractivity contribution in [1.29, 1.82) is 0 Å². The van der Waals surface area contributed by atoms with Crippen LogP contribution in [0.15, 0.2) is 54.6 Å². The summed E-state index contributed by atoms with van der Waals surface area (Å²) in [5.74, 6) is -0.437. The molecule has 1 aliphatic rings. The summed E-state index contributed by atoms with van der Waals surface area (Å²) in [6, 6.07) is 15.7. The van der Waals surface area contributed by atoms with Gasteiger partial charge in [0, 0.05) is 19.3 Å². The monoisotopic (exact) mass is 326 g/mol. The zero-order valence-corrected chi connectivity index (χ0v) is 13.1. The highest BCUT2D eigenvalue weighted by molar-refractivity contribution is 5.98. The standard InChI is InChI=1S/C18H18N2O4/c21-17(15-8-4-5-9-16(15)20(22)23)19-18(10-12-24-13-11-18)14-6-2-1-3-7-14/h1-9H,10-13H2,(H,19,21). The Bertz CT molecular complexity index is 740. The lowest BCUT2D eigenvalue weighted by Crippen LogP contribution is -2.49. The molecule has 1 aliphatic heterocycles. The number of carbonyl (C=O) groups excluding carboxylic acids is 1. The maximum absolute atomic E-state index is 12.8. The van der Waals surface area contributed by atoms with Crippen LogP contribution in [0.1, 0.15) is 28.8 Å². The molecule has 0 bridgehead atoms. The van der Waals surface area contributed by atoms with Crippen molar-refractivity contribution in [2.24, 2.45) is 0 Å². The lowest BCUT2D eigenvalue weighted by molar-refractivity contribution is -0.385. The van der Waals surface area contributed by atoms with Crippen LogP contribution in [-0.4, -0.2) is 24.0 Å². The number of rotatable bonds is 4. The van der Waals surface area contributed by atoms with Crippen molar-refractivity contribution in [3.63, 3.8) is 0 Å². The van der Waals surface area contributed by atoms with Gasteiger partial charge in [0.2, 0.25) is 0 Å². The van der Waals surface area contributed by atoms with Gasteiger partial charge >= 0.3 is 0 Å². The fraction of sp³-hybridized carbons (Fsp3) is 0.278. The predicted molar refractivity (Wildman–Crippen MR) is 88.7 cm³/mol. The Morgan fingerprint density at radius 3 is 2.33 bits per heavy atom. The number of hydrogen-bond acceptors (Lipinski definition) is 4. The molecule has 6 nitrogen and oxygen atoms in total. The van der Waals surface area contributed by atoms with Gasteiger partial charge in [0.05, 0.1) is 10.5 Å². The van der Waals surface area contributed by atoms with Crippen LogP contribution in [0.4, 0.5) is 5.69 Å². The predicted octanol–water partition coefficient (Wildman–Crippen LogP) is 3.03. The van der Waals surface area contributed by atoms with Gasteiger partial charge in [-0.15, -0.1) is 0 Å². The quantitative estimate of drug-likeness (QED) is 0.691. The molecule has 0 atom stereocenters. The van der Waals surface area contributed by atoms with Crippen LogP contribution in [0.25, 0.3) is 0 Å². The number of nitrogens with zero attached hydrogens (tertiary/aromatic N) is 1. The average Bonchev–Trinajstić information content (AvgIpc) is 2.63. The third-order valence-electron chi connectivity index (χ3n) is 4.37. The molecule has 0 spiro atoms. The van der Waals surface area contributed by atoms with Crippen molar-refractivity contribution in [2.45, 2.75) is 18.4 Å². The number of nitro benzene ring substituents is 1. The van der Waals surface area contributed by atoms with Gasteiger partial charge in [0.15, 0.2) is 0 Å². The second kappa shape index (κ2) is 6.80. The molecule has 1 amide bonds. The molecule has 0 saturated carbocycles. The van der Waals surface area contributed by atoms with Crippen LogP contribution in [0.2, 0.25) is 0 Å². The second-order valence-electron chi connectivity index (χ2n) is 5.79. The first-order valence-electron chi connectivity index (χ1n) is 7.82. The smallest absolute Gasteiger partial charge is 0.282 e. The number of hydrogen-bond donors (Lipinski definition) is 1. The van der Waals surface area contributed by atoms with Crippen LogP contribution in [0.5, 0.6) is 0 Å². The molecule has 1 N–H and O–H groups in total. The van der Waals surface area contributed by atoms with Gasteiger partial charge in [-0.2, -0.15) is 0 Å². The maximum Gasteiger partial charge on any atom is 0.282 e. The zero-order valence-electron chi connectivity index (χ0n) is 13.1. The van der Waals surface area contributed by atoms with Gasteiger partial charge in [-0.25, -0.2) is 0 Å². The minimum absolute atomic E-state index is 0.0734. The molecule has 1 heterocycles. The third-order valence-corrected chi connectivity index (χ3v) is 4.37. The summed E-state index contributed by atoms with van der Waals surface area (Å²) in [4.78, 5) is 23.4. The van der Waals surface area contributed by atoms with Crippen LogP contribution in [0.3, 0.4) is 0 Å². The van der Waals surface area contributed by atoms with Crippen LogP contribution >= 0.6 is 0 Å². The molecule has 2 aromatic carbocycles. The molecule has 2 aromatic rings. The van der Waals surface area contributed by atoms with Crippen molar-refractivity contribution in [3.8, 4) is 0 Å². The molecular weight excluding hydrogens is 308 g/mol. The lowest BCUT2D eigenvalue weighted by atomic mass is 9.82. The summed E-state index contributed by atoms with van der Waals surface area (Å²) in [6.45, 7) is 1.07. The van der Waals surface area contributed by atoms with E-state index in [-0.39, 0.29) is 11.3 Å². The summed E-state index contributed by atoms with van der Waals surface area (Å²) in [5.41, 5.74) is 0.301. The Hall–Kier alpha value is -2.73. The Labute approximate surface area is 139 Å². The van der Waals surface area contributed by atoms with E-state index >= 15 is 0 Å². The topological polar surface area (TPSA) is 81.5 Å². The van der Waals surface area contributed by atoms with E-state index in [0.717, 1.165) is 5.56 Å². The Kier molecular flexibility index (Phi) is 4.57. The summed E-state index contributed by atoms with van der Waals surface area (Å²) in [6.07, 6.45) is 1.26. The lowest BCUT2D eigenvalue weighted by Gasteiger charge is -2.38. The molecular formula is C18H18N2O4. The van der Waals surface area contributed by atoms with Crippen molar-refractivity contribution >= 4 is 11.6 Å². The van der Waals surface area contributed by atoms with Crippen molar-refractivity contribution in [1.82, 2.24) is 5.32 Å². The van der Waals surface area contributed by atoms with Crippen LogP contribution < -0.4 is 5.32 Å². The number of nitrogens with one attached hydrogen (secondary N) is 1. The van der Waals surface area contributed by atoms with E-state index in [2.05, 4.69) is 5.32 Å². The molecule has 124 valence electrons. The fourth-order valence-corrected chi connectivity index (χ4v) is 3.07. The van der Waals surface area contributed by atoms with E-state index in [9.17, 15) is 14.9 Å². The van der Waals surface area contributed by atoms with Gasteiger partial charge in [-0.05, 0) is 24.5 Å². The number of carbonyl (C=O) groups is 1. The number of amides is 1. The maximum atomic E-state index is 12.8. The molecule has 1 saturated heterocycles. The van der Waals surface area contributed by atoms with Crippen molar-refractivity contribution in [3.05, 3.63) is 75.8 Å². The first kappa shape index (κ1) is 16.1. The van der Waals surface area contributed by atoms with E-state index < -0.39 is 16.4 Å². The summed E-state index contributed by atoms with van der Waals surface area (Å²) in [5, 5.41) is 14.2. The van der Waals surface area contributed by atoms with Crippen LogP contribution in [-0.2, 0) is 10.3 Å². The average molecular weight is 326 g/mol. The largest absolute Gasteiger partial charge is 0.381 e. The number of ether oxygens (including phenoxy) is 1.